The minimum Gasteiger partial charge on any atom is -0.496 e. The molecule has 1 aromatic carbocycles. The van der Waals surface area contributed by atoms with E-state index >= 15 is 0 Å². The lowest BCUT2D eigenvalue weighted by Gasteiger charge is -2.08. The van der Waals surface area contributed by atoms with E-state index in [0.29, 0.717) is 12.2 Å². The van der Waals surface area contributed by atoms with E-state index in [1.54, 1.807) is 18.7 Å². The van der Waals surface area contributed by atoms with Gasteiger partial charge >= 0.3 is 5.97 Å². The average Bonchev–Trinajstić information content (AvgIpc) is 2.72. The van der Waals surface area contributed by atoms with E-state index in [-0.39, 0.29) is 5.69 Å². The molecule has 0 saturated heterocycles. The van der Waals surface area contributed by atoms with Gasteiger partial charge in [-0.15, -0.1) is 0 Å². The zero-order chi connectivity index (χ0) is 13.1. The number of carbonyl (C=O) groups is 1. The van der Waals surface area contributed by atoms with Gasteiger partial charge in [0.2, 0.25) is 0 Å². The third kappa shape index (κ3) is 2.20. The molecule has 94 valence electrons. The largest absolute Gasteiger partial charge is 0.496 e. The number of para-hydroxylation sites is 1. The van der Waals surface area contributed by atoms with Crippen molar-refractivity contribution in [2.45, 2.75) is 6.42 Å². The van der Waals surface area contributed by atoms with Crippen molar-refractivity contribution in [1.29, 1.82) is 0 Å². The highest BCUT2D eigenvalue weighted by Crippen LogP contribution is 2.20. The first-order valence-corrected chi connectivity index (χ1v) is 5.49. The van der Waals surface area contributed by atoms with Gasteiger partial charge in [-0.1, -0.05) is 18.2 Å². The lowest BCUT2D eigenvalue weighted by molar-refractivity contribution is 0.0686. The summed E-state index contributed by atoms with van der Waals surface area (Å²) in [6.07, 6.45) is 1.90. The maximum atomic E-state index is 10.9. The molecule has 0 radical (unpaired) electrons. The molecule has 0 atom stereocenters. The van der Waals surface area contributed by atoms with Crippen molar-refractivity contribution >= 4 is 5.97 Å². The first-order chi connectivity index (χ1) is 8.63. The van der Waals surface area contributed by atoms with Crippen LogP contribution in [-0.4, -0.2) is 27.7 Å². The van der Waals surface area contributed by atoms with Crippen LogP contribution in [0.1, 0.15) is 21.9 Å². The molecule has 0 fully saturated rings. The van der Waals surface area contributed by atoms with E-state index in [4.69, 9.17) is 9.84 Å². The number of ether oxygens (including phenoxy) is 1. The third-order valence-corrected chi connectivity index (χ3v) is 2.84. The highest BCUT2D eigenvalue weighted by atomic mass is 16.5. The van der Waals surface area contributed by atoms with Crippen LogP contribution in [0, 0.1) is 0 Å². The summed E-state index contributed by atoms with van der Waals surface area (Å²) in [5.41, 5.74) is 1.16. The number of hydrogen-bond donors (Lipinski definition) is 1. The lowest BCUT2D eigenvalue weighted by Crippen LogP contribution is -2.07. The molecule has 0 aliphatic rings. The number of carboxylic acids is 1. The molecular formula is C13H14N2O3. The Kier molecular flexibility index (Phi) is 3.32. The molecule has 18 heavy (non-hydrogen) atoms. The number of nitrogens with zero attached hydrogens (tertiary/aromatic N) is 2. The fourth-order valence-electron chi connectivity index (χ4n) is 1.83. The highest BCUT2D eigenvalue weighted by Gasteiger charge is 2.13. The van der Waals surface area contributed by atoms with Crippen LogP contribution < -0.4 is 4.74 Å². The van der Waals surface area contributed by atoms with Gasteiger partial charge in [-0.2, -0.15) is 0 Å². The molecule has 0 bridgehead atoms. The Morgan fingerprint density at radius 2 is 2.17 bits per heavy atom. The average molecular weight is 246 g/mol. The van der Waals surface area contributed by atoms with Crippen molar-refractivity contribution in [3.63, 3.8) is 0 Å². The number of rotatable bonds is 4. The predicted octanol–water partition coefficient (Wildman–Crippen LogP) is 1.72. The Morgan fingerprint density at radius 1 is 1.44 bits per heavy atom. The molecule has 2 rings (SSSR count). The third-order valence-electron chi connectivity index (χ3n) is 2.84. The van der Waals surface area contributed by atoms with Gasteiger partial charge in [0.1, 0.15) is 17.3 Å². The molecule has 1 heterocycles. The summed E-state index contributed by atoms with van der Waals surface area (Å²) in [5, 5.41) is 8.96. The SMILES string of the molecule is COc1ccccc1Cc1ncc(C(=O)O)n1C. The number of aromatic carboxylic acids is 1. The van der Waals surface area contributed by atoms with Crippen LogP contribution in [0.2, 0.25) is 0 Å². The van der Waals surface area contributed by atoms with Crippen LogP contribution in [0.25, 0.3) is 0 Å². The molecule has 2 aromatic rings. The maximum Gasteiger partial charge on any atom is 0.354 e. The van der Waals surface area contributed by atoms with Gasteiger partial charge in [0, 0.05) is 19.0 Å². The van der Waals surface area contributed by atoms with Crippen LogP contribution >= 0.6 is 0 Å². The fourth-order valence-corrected chi connectivity index (χ4v) is 1.83. The van der Waals surface area contributed by atoms with E-state index in [9.17, 15) is 4.79 Å². The molecule has 1 N–H and O–H groups in total. The summed E-state index contributed by atoms with van der Waals surface area (Å²) in [6, 6.07) is 7.62. The van der Waals surface area contributed by atoms with Crippen molar-refractivity contribution < 1.29 is 14.6 Å². The van der Waals surface area contributed by atoms with Crippen molar-refractivity contribution in [3.8, 4) is 5.75 Å². The Hall–Kier alpha value is -2.30. The van der Waals surface area contributed by atoms with Gasteiger partial charge in [0.05, 0.1) is 13.3 Å². The van der Waals surface area contributed by atoms with Gasteiger partial charge in [0.25, 0.3) is 0 Å². The molecule has 5 heteroatoms. The Labute approximate surface area is 105 Å². The molecule has 0 saturated carbocycles. The number of methoxy groups -OCH3 is 1. The van der Waals surface area contributed by atoms with Gasteiger partial charge in [-0.3, -0.25) is 0 Å². The number of imidazole rings is 1. The van der Waals surface area contributed by atoms with E-state index < -0.39 is 5.97 Å². The smallest absolute Gasteiger partial charge is 0.354 e. The number of aromatic nitrogens is 2. The summed E-state index contributed by atoms with van der Waals surface area (Å²) in [4.78, 5) is 15.1. The lowest BCUT2D eigenvalue weighted by atomic mass is 10.1. The van der Waals surface area contributed by atoms with Gasteiger partial charge in [0.15, 0.2) is 0 Å². The Bertz CT molecular complexity index is 575. The minimum atomic E-state index is -0.976. The zero-order valence-electron chi connectivity index (χ0n) is 10.3. The predicted molar refractivity (Wildman–Crippen MR) is 66.0 cm³/mol. The van der Waals surface area contributed by atoms with Crippen molar-refractivity contribution in [3.05, 3.63) is 47.5 Å². The van der Waals surface area contributed by atoms with Crippen molar-refractivity contribution in [2.24, 2.45) is 7.05 Å². The van der Waals surface area contributed by atoms with Gasteiger partial charge < -0.3 is 14.4 Å². The van der Waals surface area contributed by atoms with E-state index in [0.717, 1.165) is 11.3 Å². The van der Waals surface area contributed by atoms with Crippen molar-refractivity contribution in [2.75, 3.05) is 7.11 Å². The number of carboxylic acid groups (broad SMARTS) is 1. The van der Waals surface area contributed by atoms with Gasteiger partial charge in [-0.05, 0) is 6.07 Å². The topological polar surface area (TPSA) is 64.3 Å². The minimum absolute atomic E-state index is 0.180. The second kappa shape index (κ2) is 4.91. The number of hydrogen-bond acceptors (Lipinski definition) is 3. The molecule has 0 aliphatic heterocycles. The summed E-state index contributed by atoms with van der Waals surface area (Å²) in [6.45, 7) is 0. The van der Waals surface area contributed by atoms with E-state index in [1.807, 2.05) is 24.3 Å². The molecule has 0 spiro atoms. The standard InChI is InChI=1S/C13H14N2O3/c1-15-10(13(16)17)8-14-12(15)7-9-5-3-4-6-11(9)18-2/h3-6,8H,7H2,1-2H3,(H,16,17). The zero-order valence-corrected chi connectivity index (χ0v) is 10.3. The van der Waals surface area contributed by atoms with Crippen LogP contribution in [0.15, 0.2) is 30.5 Å². The van der Waals surface area contributed by atoms with E-state index in [2.05, 4.69) is 4.98 Å². The van der Waals surface area contributed by atoms with Crippen LogP contribution in [-0.2, 0) is 13.5 Å². The normalized spacial score (nSPS) is 10.3. The summed E-state index contributed by atoms with van der Waals surface area (Å²) >= 11 is 0. The Morgan fingerprint density at radius 3 is 2.78 bits per heavy atom. The fraction of sp³-hybridized carbons (Fsp3) is 0.231. The Balaban J connectivity index is 2.32. The number of benzene rings is 1. The quantitative estimate of drug-likeness (QED) is 0.892. The molecule has 0 amide bonds. The van der Waals surface area contributed by atoms with Crippen LogP contribution in [0.4, 0.5) is 0 Å². The van der Waals surface area contributed by atoms with Crippen LogP contribution in [0.3, 0.4) is 0 Å². The summed E-state index contributed by atoms with van der Waals surface area (Å²) in [7, 11) is 3.31. The highest BCUT2D eigenvalue weighted by molar-refractivity contribution is 5.85. The first kappa shape index (κ1) is 12.2. The van der Waals surface area contributed by atoms with Gasteiger partial charge in [-0.25, -0.2) is 9.78 Å². The van der Waals surface area contributed by atoms with E-state index in [1.165, 1.54) is 6.20 Å². The maximum absolute atomic E-state index is 10.9. The summed E-state index contributed by atoms with van der Waals surface area (Å²) < 4.78 is 6.84. The summed E-state index contributed by atoms with van der Waals surface area (Å²) in [5.74, 6) is 0.491. The molecule has 0 unspecified atom stereocenters. The molecular weight excluding hydrogens is 232 g/mol. The van der Waals surface area contributed by atoms with Crippen LogP contribution in [0.5, 0.6) is 5.75 Å². The monoisotopic (exact) mass is 246 g/mol. The second-order valence-electron chi connectivity index (χ2n) is 3.91. The molecule has 0 aliphatic carbocycles. The second-order valence-corrected chi connectivity index (χ2v) is 3.91. The van der Waals surface area contributed by atoms with Crippen molar-refractivity contribution in [1.82, 2.24) is 9.55 Å². The molecule has 1 aromatic heterocycles. The molecule has 5 nitrogen and oxygen atoms in total. The first-order valence-electron chi connectivity index (χ1n) is 5.49.